The van der Waals surface area contributed by atoms with E-state index in [-0.39, 0.29) is 49.1 Å². The van der Waals surface area contributed by atoms with Crippen LogP contribution < -0.4 is 22.1 Å². The van der Waals surface area contributed by atoms with Gasteiger partial charge < -0.3 is 22.1 Å². The highest BCUT2D eigenvalue weighted by atomic mass is 35.5. The molecule has 7 nitrogen and oxygen atoms in total. The average molecular weight is 343 g/mol. The highest BCUT2D eigenvalue weighted by Gasteiger charge is 2.19. The van der Waals surface area contributed by atoms with E-state index in [0.29, 0.717) is 11.3 Å². The maximum atomic E-state index is 12.1. The normalized spacial score (nSPS) is 12.5. The molecule has 0 saturated heterocycles. The Morgan fingerprint density at radius 3 is 2.35 bits per heavy atom. The molecule has 0 aliphatic heterocycles. The summed E-state index contributed by atoms with van der Waals surface area (Å²) >= 11 is 0. The summed E-state index contributed by atoms with van der Waals surface area (Å²) in [6, 6.07) is 6.33. The van der Waals surface area contributed by atoms with E-state index in [0.717, 1.165) is 0 Å². The lowest BCUT2D eigenvalue weighted by atomic mass is 10.0. The highest BCUT2D eigenvalue weighted by Crippen LogP contribution is 2.16. The summed E-state index contributed by atoms with van der Waals surface area (Å²) in [7, 11) is 0. The first-order chi connectivity index (χ1) is 10.3. The van der Waals surface area contributed by atoms with E-state index >= 15 is 0 Å². The smallest absolute Gasteiger partial charge is 0.253 e. The Labute approximate surface area is 141 Å². The van der Waals surface area contributed by atoms with Crippen molar-refractivity contribution in [3.05, 3.63) is 29.8 Å². The van der Waals surface area contributed by atoms with Gasteiger partial charge in [0.15, 0.2) is 0 Å². The SMILES string of the molecule is CC(N)C(C)C(=O)Nc1ccccc1C(=O)NCCC(N)=O.Cl. The van der Waals surface area contributed by atoms with Crippen molar-refractivity contribution in [1.29, 1.82) is 0 Å². The van der Waals surface area contributed by atoms with Crippen molar-refractivity contribution in [3.63, 3.8) is 0 Å². The van der Waals surface area contributed by atoms with E-state index in [1.165, 1.54) is 0 Å². The standard InChI is InChI=1S/C15H22N4O3.ClH/c1-9(10(2)16)14(21)19-12-6-4-3-5-11(12)15(22)18-8-7-13(17)20;/h3-6,9-10H,7-8,16H2,1-2H3,(H2,17,20)(H,18,22)(H,19,21);1H. The number of carbonyl (C=O) groups is 3. The lowest BCUT2D eigenvalue weighted by Crippen LogP contribution is -2.35. The number of primary amides is 1. The van der Waals surface area contributed by atoms with E-state index in [4.69, 9.17) is 11.5 Å². The van der Waals surface area contributed by atoms with Crippen LogP contribution in [0.2, 0.25) is 0 Å². The quantitative estimate of drug-likeness (QED) is 0.579. The van der Waals surface area contributed by atoms with Crippen LogP contribution in [0.25, 0.3) is 0 Å². The first kappa shape index (κ1) is 20.9. The minimum absolute atomic E-state index is 0. The highest BCUT2D eigenvalue weighted by molar-refractivity contribution is 6.04. The summed E-state index contributed by atoms with van der Waals surface area (Å²) in [6.45, 7) is 3.61. The molecule has 0 bridgehead atoms. The molecule has 128 valence electrons. The Bertz CT molecular complexity index is 563. The van der Waals surface area contributed by atoms with Crippen LogP contribution in [0.5, 0.6) is 0 Å². The molecular formula is C15H23ClN4O3. The van der Waals surface area contributed by atoms with Crippen LogP contribution in [-0.4, -0.2) is 30.3 Å². The third-order valence-electron chi connectivity index (χ3n) is 3.29. The first-order valence-electron chi connectivity index (χ1n) is 7.05. The van der Waals surface area contributed by atoms with Gasteiger partial charge in [-0.05, 0) is 19.1 Å². The zero-order valence-corrected chi connectivity index (χ0v) is 14.0. The summed E-state index contributed by atoms with van der Waals surface area (Å²) < 4.78 is 0. The van der Waals surface area contributed by atoms with Gasteiger partial charge in [-0.3, -0.25) is 14.4 Å². The molecule has 0 aromatic heterocycles. The lowest BCUT2D eigenvalue weighted by Gasteiger charge is -2.17. The molecule has 1 aromatic rings. The fourth-order valence-electron chi connectivity index (χ4n) is 1.67. The van der Waals surface area contributed by atoms with E-state index < -0.39 is 5.91 Å². The molecule has 6 N–H and O–H groups in total. The topological polar surface area (TPSA) is 127 Å². The molecule has 2 atom stereocenters. The monoisotopic (exact) mass is 342 g/mol. The molecule has 0 aliphatic rings. The number of anilines is 1. The van der Waals surface area contributed by atoms with E-state index in [1.807, 2.05) is 0 Å². The molecule has 2 unspecified atom stereocenters. The number of halogens is 1. The van der Waals surface area contributed by atoms with Gasteiger partial charge in [-0.1, -0.05) is 19.1 Å². The van der Waals surface area contributed by atoms with Crippen LogP contribution in [0.3, 0.4) is 0 Å². The molecule has 8 heteroatoms. The van der Waals surface area contributed by atoms with Crippen molar-refractivity contribution in [1.82, 2.24) is 5.32 Å². The van der Waals surface area contributed by atoms with Crippen molar-refractivity contribution in [2.75, 3.05) is 11.9 Å². The van der Waals surface area contributed by atoms with Gasteiger partial charge in [-0.2, -0.15) is 0 Å². The number of carbonyl (C=O) groups excluding carboxylic acids is 3. The molecule has 0 radical (unpaired) electrons. The molecule has 0 fully saturated rings. The van der Waals surface area contributed by atoms with E-state index in [1.54, 1.807) is 38.1 Å². The summed E-state index contributed by atoms with van der Waals surface area (Å²) in [6.07, 6.45) is 0.0575. The lowest BCUT2D eigenvalue weighted by molar-refractivity contribution is -0.120. The number of rotatable bonds is 7. The Morgan fingerprint density at radius 1 is 1.17 bits per heavy atom. The number of hydrogen-bond donors (Lipinski definition) is 4. The minimum Gasteiger partial charge on any atom is -0.370 e. The Kier molecular flexibility index (Phi) is 8.90. The second-order valence-electron chi connectivity index (χ2n) is 5.15. The summed E-state index contributed by atoms with van der Waals surface area (Å²) in [5.41, 5.74) is 11.4. The maximum absolute atomic E-state index is 12.1. The van der Waals surface area contributed by atoms with Crippen molar-refractivity contribution in [2.45, 2.75) is 26.3 Å². The van der Waals surface area contributed by atoms with Crippen LogP contribution in [0.15, 0.2) is 24.3 Å². The third kappa shape index (κ3) is 6.66. The van der Waals surface area contributed by atoms with Crippen LogP contribution in [0.4, 0.5) is 5.69 Å². The average Bonchev–Trinajstić information content (AvgIpc) is 2.46. The fraction of sp³-hybridized carbons (Fsp3) is 0.400. The Hall–Kier alpha value is -2.12. The molecule has 0 aliphatic carbocycles. The van der Waals surface area contributed by atoms with Gasteiger partial charge in [-0.15, -0.1) is 12.4 Å². The van der Waals surface area contributed by atoms with Crippen LogP contribution in [0, 0.1) is 5.92 Å². The maximum Gasteiger partial charge on any atom is 0.253 e. The summed E-state index contributed by atoms with van der Waals surface area (Å²) in [5, 5.41) is 5.28. The predicted molar refractivity (Wildman–Crippen MR) is 91.3 cm³/mol. The molecule has 1 aromatic carbocycles. The fourth-order valence-corrected chi connectivity index (χ4v) is 1.67. The minimum atomic E-state index is -0.493. The Morgan fingerprint density at radius 2 is 1.78 bits per heavy atom. The summed E-state index contributed by atoms with van der Waals surface area (Å²) in [5.74, 6) is -1.52. The number of hydrogen-bond acceptors (Lipinski definition) is 4. The van der Waals surface area contributed by atoms with Crippen molar-refractivity contribution in [2.24, 2.45) is 17.4 Å². The van der Waals surface area contributed by atoms with Crippen molar-refractivity contribution < 1.29 is 14.4 Å². The second kappa shape index (κ2) is 9.81. The molecule has 0 heterocycles. The number of nitrogens with two attached hydrogens (primary N) is 2. The molecular weight excluding hydrogens is 320 g/mol. The van der Waals surface area contributed by atoms with Gasteiger partial charge >= 0.3 is 0 Å². The van der Waals surface area contributed by atoms with Crippen molar-refractivity contribution >= 4 is 35.8 Å². The first-order valence-corrected chi connectivity index (χ1v) is 7.05. The molecule has 3 amide bonds. The van der Waals surface area contributed by atoms with Gasteiger partial charge in [0.2, 0.25) is 11.8 Å². The number of para-hydroxylation sites is 1. The van der Waals surface area contributed by atoms with Gasteiger partial charge in [0.1, 0.15) is 0 Å². The zero-order valence-electron chi connectivity index (χ0n) is 13.2. The predicted octanol–water partition coefficient (Wildman–Crippen LogP) is 0.635. The van der Waals surface area contributed by atoms with Crippen molar-refractivity contribution in [3.8, 4) is 0 Å². The van der Waals surface area contributed by atoms with Crippen LogP contribution in [-0.2, 0) is 9.59 Å². The van der Waals surface area contributed by atoms with E-state index in [9.17, 15) is 14.4 Å². The number of nitrogens with one attached hydrogen (secondary N) is 2. The number of amides is 3. The number of benzene rings is 1. The summed E-state index contributed by atoms with van der Waals surface area (Å²) in [4.78, 5) is 34.8. The van der Waals surface area contributed by atoms with Crippen LogP contribution >= 0.6 is 12.4 Å². The molecule has 0 saturated carbocycles. The second-order valence-corrected chi connectivity index (χ2v) is 5.15. The van der Waals surface area contributed by atoms with Gasteiger partial charge in [0, 0.05) is 19.0 Å². The van der Waals surface area contributed by atoms with Gasteiger partial charge in [0.05, 0.1) is 17.2 Å². The molecule has 23 heavy (non-hydrogen) atoms. The van der Waals surface area contributed by atoms with Gasteiger partial charge in [-0.25, -0.2) is 0 Å². The molecule has 0 spiro atoms. The van der Waals surface area contributed by atoms with Gasteiger partial charge in [0.25, 0.3) is 5.91 Å². The largest absolute Gasteiger partial charge is 0.370 e. The van der Waals surface area contributed by atoms with Crippen LogP contribution in [0.1, 0.15) is 30.6 Å². The molecule has 1 rings (SSSR count). The third-order valence-corrected chi connectivity index (χ3v) is 3.29. The Balaban J connectivity index is 0.00000484. The zero-order chi connectivity index (χ0) is 16.7. The van der Waals surface area contributed by atoms with E-state index in [2.05, 4.69) is 10.6 Å².